The predicted molar refractivity (Wildman–Crippen MR) is 178 cm³/mol. The van der Waals surface area contributed by atoms with Crippen LogP contribution in [-0.4, -0.2) is 60.8 Å². The Balaban J connectivity index is 1.17. The zero-order valence-corrected chi connectivity index (χ0v) is 27.4. The molecule has 3 aromatic carbocycles. The summed E-state index contributed by atoms with van der Waals surface area (Å²) in [6.45, 7) is 6.72. The molecule has 11 nitrogen and oxygen atoms in total. The van der Waals surface area contributed by atoms with E-state index < -0.39 is 36.6 Å². The van der Waals surface area contributed by atoms with Crippen molar-refractivity contribution in [3.05, 3.63) is 101 Å². The third-order valence-electron chi connectivity index (χ3n) is 10.5. The summed E-state index contributed by atoms with van der Waals surface area (Å²) in [4.78, 5) is 37.9. The standard InChI is InChI=1S/C36H40BN3O8/c1-35(2)25-18-27(35)36(3)28(19-25)47-37(48-36)29(17-24-11-8-12-26(33(42)43)30(24)45-4)39-32(41)23-15-13-22(14-16-23)31(38)40-34(44)46-20-21-9-6-5-7-10-21/h5-16,25,27-29H,17-20H2,1-4H3,(H,39,41)(H,42,43)(H2,38,40,44). The van der Waals surface area contributed by atoms with E-state index in [-0.39, 0.29) is 41.7 Å². The van der Waals surface area contributed by atoms with Crippen LogP contribution in [-0.2, 0) is 27.1 Å². The quantitative estimate of drug-likeness (QED) is 0.131. The molecule has 0 radical (unpaired) electrons. The number of benzene rings is 3. The van der Waals surface area contributed by atoms with Gasteiger partial charge in [-0.2, -0.15) is 0 Å². The van der Waals surface area contributed by atoms with Gasteiger partial charge in [0, 0.05) is 11.1 Å². The molecule has 2 bridgehead atoms. The Kier molecular flexibility index (Phi) is 9.06. The number of para-hydroxylation sites is 1. The number of hydrogen-bond acceptors (Lipinski definition) is 8. The minimum absolute atomic E-state index is 0.0205. The largest absolute Gasteiger partial charge is 0.496 e. The zero-order valence-electron chi connectivity index (χ0n) is 27.4. The van der Waals surface area contributed by atoms with Gasteiger partial charge in [0.25, 0.3) is 5.91 Å². The maximum absolute atomic E-state index is 13.7. The van der Waals surface area contributed by atoms with Gasteiger partial charge in [0.15, 0.2) is 0 Å². The molecule has 7 rings (SSSR count). The molecular weight excluding hydrogens is 613 g/mol. The van der Waals surface area contributed by atoms with Crippen LogP contribution in [0.3, 0.4) is 0 Å². The Morgan fingerprint density at radius 1 is 1.00 bits per heavy atom. The molecule has 5 unspecified atom stereocenters. The number of hydrogen-bond donors (Lipinski definition) is 4. The van der Waals surface area contributed by atoms with Crippen molar-refractivity contribution >= 4 is 30.9 Å². The maximum Gasteiger partial charge on any atom is 0.482 e. The van der Waals surface area contributed by atoms with Crippen molar-refractivity contribution < 1.29 is 38.3 Å². The minimum Gasteiger partial charge on any atom is -0.496 e. The van der Waals surface area contributed by atoms with Crippen molar-refractivity contribution in [1.29, 1.82) is 5.41 Å². The van der Waals surface area contributed by atoms with Crippen molar-refractivity contribution in [3.63, 3.8) is 0 Å². The summed E-state index contributed by atoms with van der Waals surface area (Å²) in [7, 11) is 0.638. The number of carboxylic acids is 1. The third kappa shape index (κ3) is 6.29. The minimum atomic E-state index is -1.12. The molecule has 0 aromatic heterocycles. The molecule has 1 saturated heterocycles. The van der Waals surface area contributed by atoms with Crippen molar-refractivity contribution in [3.8, 4) is 5.75 Å². The first-order chi connectivity index (χ1) is 22.9. The molecule has 0 spiro atoms. The molecule has 12 heteroatoms. The van der Waals surface area contributed by atoms with Crippen LogP contribution in [0.4, 0.5) is 4.79 Å². The number of rotatable bonds is 10. The highest BCUT2D eigenvalue weighted by atomic mass is 16.7. The highest BCUT2D eigenvalue weighted by Crippen LogP contribution is 2.65. The Hall–Kier alpha value is -4.68. The van der Waals surface area contributed by atoms with Crippen LogP contribution < -0.4 is 15.4 Å². The SMILES string of the molecule is COc1c(CC(NC(=O)c2ccc(C(=N)NC(=O)OCc3ccccc3)cc2)B2OC3CC4CC(C4(C)C)C3(C)O2)cccc1C(=O)O. The van der Waals surface area contributed by atoms with Crippen molar-refractivity contribution in [2.45, 2.75) is 64.3 Å². The van der Waals surface area contributed by atoms with E-state index in [1.54, 1.807) is 36.4 Å². The molecule has 250 valence electrons. The van der Waals surface area contributed by atoms with Gasteiger partial charge in [-0.1, -0.05) is 68.4 Å². The summed E-state index contributed by atoms with van der Waals surface area (Å²) in [5, 5.41) is 23.5. The van der Waals surface area contributed by atoms with Crippen LogP contribution in [0.15, 0.2) is 72.8 Å². The van der Waals surface area contributed by atoms with Crippen LogP contribution in [0.25, 0.3) is 0 Å². The second kappa shape index (κ2) is 13.1. The average Bonchev–Trinajstić information content (AvgIpc) is 3.44. The molecule has 3 saturated carbocycles. The van der Waals surface area contributed by atoms with Crippen LogP contribution >= 0.6 is 0 Å². The van der Waals surface area contributed by atoms with E-state index >= 15 is 0 Å². The molecule has 4 N–H and O–H groups in total. The maximum atomic E-state index is 13.7. The average molecular weight is 654 g/mol. The molecule has 48 heavy (non-hydrogen) atoms. The van der Waals surface area contributed by atoms with E-state index in [1.165, 1.54) is 13.2 Å². The number of aromatic carboxylic acids is 1. The summed E-state index contributed by atoms with van der Waals surface area (Å²) in [6.07, 6.45) is 1.25. The third-order valence-corrected chi connectivity index (χ3v) is 10.5. The normalized spacial score (nSPS) is 24.0. The van der Waals surface area contributed by atoms with Crippen LogP contribution in [0.1, 0.15) is 71.0 Å². The van der Waals surface area contributed by atoms with E-state index in [9.17, 15) is 19.5 Å². The number of amidine groups is 1. The van der Waals surface area contributed by atoms with Gasteiger partial charge >= 0.3 is 19.2 Å². The monoisotopic (exact) mass is 653 g/mol. The highest BCUT2D eigenvalue weighted by Gasteiger charge is 2.68. The van der Waals surface area contributed by atoms with Gasteiger partial charge in [0.1, 0.15) is 23.8 Å². The van der Waals surface area contributed by atoms with Crippen LogP contribution in [0.2, 0.25) is 0 Å². The predicted octanol–water partition coefficient (Wildman–Crippen LogP) is 5.25. The molecule has 2 amide bonds. The second-order valence-corrected chi connectivity index (χ2v) is 13.6. The summed E-state index contributed by atoms with van der Waals surface area (Å²) >= 11 is 0. The van der Waals surface area contributed by atoms with Gasteiger partial charge in [0.05, 0.1) is 24.8 Å². The van der Waals surface area contributed by atoms with Crippen LogP contribution in [0, 0.1) is 22.7 Å². The zero-order chi connectivity index (χ0) is 34.2. The van der Waals surface area contributed by atoms with E-state index in [1.807, 2.05) is 30.3 Å². The lowest BCUT2D eigenvalue weighted by atomic mass is 9.43. The molecule has 4 fully saturated rings. The molecule has 1 aliphatic heterocycles. The van der Waals surface area contributed by atoms with Crippen molar-refractivity contribution in [1.82, 2.24) is 10.6 Å². The molecule has 4 aliphatic rings. The fourth-order valence-corrected chi connectivity index (χ4v) is 7.65. The van der Waals surface area contributed by atoms with E-state index in [2.05, 4.69) is 31.4 Å². The van der Waals surface area contributed by atoms with Gasteiger partial charge in [-0.05, 0) is 72.8 Å². The first-order valence-electron chi connectivity index (χ1n) is 16.1. The number of carboxylic acid groups (broad SMARTS) is 1. The first-order valence-corrected chi connectivity index (χ1v) is 16.1. The van der Waals surface area contributed by atoms with Gasteiger partial charge in [-0.25, -0.2) is 9.59 Å². The number of alkyl carbamates (subject to hydrolysis) is 1. The number of carbonyl (C=O) groups excluding carboxylic acids is 2. The van der Waals surface area contributed by atoms with E-state index in [0.717, 1.165) is 18.4 Å². The van der Waals surface area contributed by atoms with Gasteiger partial charge in [0.2, 0.25) is 0 Å². The van der Waals surface area contributed by atoms with Gasteiger partial charge in [-0.3, -0.25) is 15.5 Å². The number of methoxy groups -OCH3 is 1. The summed E-state index contributed by atoms with van der Waals surface area (Å²) in [5.41, 5.74) is 1.75. The van der Waals surface area contributed by atoms with Crippen LogP contribution in [0.5, 0.6) is 5.75 Å². The molecule has 3 aromatic rings. The Bertz CT molecular complexity index is 1720. The molecule has 1 heterocycles. The van der Waals surface area contributed by atoms with Gasteiger partial charge in [-0.15, -0.1) is 0 Å². The smallest absolute Gasteiger partial charge is 0.482 e. The Morgan fingerprint density at radius 3 is 2.38 bits per heavy atom. The molecular formula is C36H40BN3O8. The number of carbonyl (C=O) groups is 3. The highest BCUT2D eigenvalue weighted by molar-refractivity contribution is 6.48. The fourth-order valence-electron chi connectivity index (χ4n) is 7.65. The van der Waals surface area contributed by atoms with Crippen molar-refractivity contribution in [2.75, 3.05) is 7.11 Å². The fraction of sp³-hybridized carbons (Fsp3) is 0.389. The Morgan fingerprint density at radius 2 is 1.71 bits per heavy atom. The number of ether oxygens (including phenoxy) is 2. The summed E-state index contributed by atoms with van der Waals surface area (Å²) < 4.78 is 24.0. The van der Waals surface area contributed by atoms with Gasteiger partial charge < -0.3 is 29.2 Å². The van der Waals surface area contributed by atoms with Crippen molar-refractivity contribution in [2.24, 2.45) is 17.3 Å². The molecule has 3 aliphatic carbocycles. The molecule has 5 atom stereocenters. The van der Waals surface area contributed by atoms with E-state index in [4.69, 9.17) is 24.2 Å². The number of amides is 2. The Labute approximate surface area is 280 Å². The van der Waals surface area contributed by atoms with E-state index in [0.29, 0.717) is 28.5 Å². The lowest BCUT2D eigenvalue weighted by Crippen LogP contribution is -2.65. The second-order valence-electron chi connectivity index (χ2n) is 13.6. The number of nitrogens with one attached hydrogen (secondary N) is 3. The first kappa shape index (κ1) is 33.2. The summed E-state index contributed by atoms with van der Waals surface area (Å²) in [6, 6.07) is 20.4. The summed E-state index contributed by atoms with van der Waals surface area (Å²) in [5.74, 6) is -1.31. The lowest BCUT2D eigenvalue weighted by molar-refractivity contribution is -0.199. The lowest BCUT2D eigenvalue weighted by Gasteiger charge is -2.64. The topological polar surface area (TPSA) is 156 Å².